The van der Waals surface area contributed by atoms with E-state index in [1.807, 2.05) is 0 Å². The Bertz CT molecular complexity index is 795. The number of carbonyl (C=O) groups is 2. The van der Waals surface area contributed by atoms with E-state index in [0.29, 0.717) is 37.5 Å². The van der Waals surface area contributed by atoms with Crippen molar-refractivity contribution in [1.29, 1.82) is 0 Å². The SMILES string of the molecule is CC1(C)[C@@H]2CC[C@@]1(C)[C@H](NC(=O)[C@H](CC1CC1)N(CCCCCC(=O)O)S(N)(=O)=O)C2. The van der Waals surface area contributed by atoms with Crippen molar-refractivity contribution in [2.75, 3.05) is 6.54 Å². The molecule has 0 aliphatic heterocycles. The molecule has 0 heterocycles. The first-order valence-electron chi connectivity index (χ1n) is 11.7. The number of hydrogen-bond donors (Lipinski definition) is 3. The van der Waals surface area contributed by atoms with Gasteiger partial charge >= 0.3 is 5.97 Å². The molecule has 4 N–H and O–H groups in total. The molecular weight excluding hydrogens is 418 g/mol. The Labute approximate surface area is 186 Å². The van der Waals surface area contributed by atoms with Gasteiger partial charge in [0.1, 0.15) is 6.04 Å². The lowest BCUT2D eigenvalue weighted by molar-refractivity contribution is -0.137. The lowest BCUT2D eigenvalue weighted by atomic mass is 9.69. The second-order valence-corrected chi connectivity index (χ2v) is 12.2. The summed E-state index contributed by atoms with van der Waals surface area (Å²) in [5.74, 6) is -0.162. The fourth-order valence-corrected chi connectivity index (χ4v) is 6.82. The topological polar surface area (TPSA) is 130 Å². The van der Waals surface area contributed by atoms with Gasteiger partial charge in [0.25, 0.3) is 10.2 Å². The van der Waals surface area contributed by atoms with Crippen molar-refractivity contribution in [1.82, 2.24) is 9.62 Å². The van der Waals surface area contributed by atoms with E-state index < -0.39 is 22.2 Å². The van der Waals surface area contributed by atoms with Crippen LogP contribution in [0.2, 0.25) is 0 Å². The average molecular weight is 458 g/mol. The average Bonchev–Trinajstić information content (AvgIpc) is 3.41. The Morgan fingerprint density at radius 1 is 1.16 bits per heavy atom. The van der Waals surface area contributed by atoms with E-state index in [1.54, 1.807) is 0 Å². The Balaban J connectivity index is 1.69. The van der Waals surface area contributed by atoms with Gasteiger partial charge in [-0.25, -0.2) is 5.14 Å². The van der Waals surface area contributed by atoms with E-state index in [1.165, 1.54) is 6.42 Å². The van der Waals surface area contributed by atoms with Gasteiger partial charge in [-0.05, 0) is 61.2 Å². The number of nitrogens with one attached hydrogen (secondary N) is 1. The number of fused-ring (bicyclic) bond motifs is 2. The maximum absolute atomic E-state index is 13.4. The first-order valence-corrected chi connectivity index (χ1v) is 13.2. The van der Waals surface area contributed by atoms with Crippen LogP contribution in [-0.4, -0.2) is 48.3 Å². The molecule has 178 valence electrons. The van der Waals surface area contributed by atoms with Crippen molar-refractivity contribution >= 4 is 22.1 Å². The highest BCUT2D eigenvalue weighted by Crippen LogP contribution is 2.65. The minimum atomic E-state index is -4.06. The predicted molar refractivity (Wildman–Crippen MR) is 118 cm³/mol. The molecule has 0 aromatic heterocycles. The fourth-order valence-electron chi connectivity index (χ4n) is 5.90. The Morgan fingerprint density at radius 2 is 1.84 bits per heavy atom. The van der Waals surface area contributed by atoms with Crippen molar-refractivity contribution in [3.8, 4) is 0 Å². The van der Waals surface area contributed by atoms with Gasteiger partial charge in [-0.3, -0.25) is 9.59 Å². The quantitative estimate of drug-likeness (QED) is 0.388. The molecule has 3 fully saturated rings. The van der Waals surface area contributed by atoms with Gasteiger partial charge in [0, 0.05) is 19.0 Å². The second-order valence-electron chi connectivity index (χ2n) is 10.7. The summed E-state index contributed by atoms with van der Waals surface area (Å²) in [6, 6.07) is -0.749. The summed E-state index contributed by atoms with van der Waals surface area (Å²) in [7, 11) is -4.06. The molecule has 2 bridgehead atoms. The van der Waals surface area contributed by atoms with Crippen LogP contribution in [0.4, 0.5) is 0 Å². The lowest BCUT2D eigenvalue weighted by Crippen LogP contribution is -2.56. The summed E-state index contributed by atoms with van der Waals surface area (Å²) in [6.45, 7) is 6.96. The fraction of sp³-hybridized carbons (Fsp3) is 0.909. The largest absolute Gasteiger partial charge is 0.481 e. The number of carbonyl (C=O) groups excluding carboxylic acids is 1. The molecule has 0 spiro atoms. The van der Waals surface area contributed by atoms with Gasteiger partial charge < -0.3 is 10.4 Å². The standard InChI is InChI=1S/C22H39N3O5S/c1-21(2)16-10-11-22(21,3)18(14-16)24-20(28)17(13-15-8-9-15)25(31(23,29)30)12-6-4-5-7-19(26)27/h15-18H,4-14H2,1-3H3,(H,24,28)(H,26,27)(H2,23,29,30)/t16-,17+,18-,22+/m1/s1. The summed E-state index contributed by atoms with van der Waals surface area (Å²) in [4.78, 5) is 24.1. The van der Waals surface area contributed by atoms with Crippen molar-refractivity contribution in [3.63, 3.8) is 0 Å². The molecule has 0 unspecified atom stereocenters. The predicted octanol–water partition coefficient (Wildman–Crippen LogP) is 2.64. The molecule has 0 saturated heterocycles. The summed E-state index contributed by atoms with van der Waals surface area (Å²) >= 11 is 0. The summed E-state index contributed by atoms with van der Waals surface area (Å²) < 4.78 is 26.0. The third-order valence-corrected chi connectivity index (χ3v) is 9.70. The van der Waals surface area contributed by atoms with E-state index in [0.717, 1.165) is 30.0 Å². The van der Waals surface area contributed by atoms with Gasteiger partial charge in [0.2, 0.25) is 5.91 Å². The van der Waals surface area contributed by atoms with Gasteiger partial charge in [-0.2, -0.15) is 12.7 Å². The number of rotatable bonds is 12. The molecule has 3 aliphatic rings. The molecule has 3 aliphatic carbocycles. The van der Waals surface area contributed by atoms with E-state index >= 15 is 0 Å². The van der Waals surface area contributed by atoms with Crippen LogP contribution < -0.4 is 10.5 Å². The third-order valence-electron chi connectivity index (χ3n) is 8.61. The maximum atomic E-state index is 13.4. The monoisotopic (exact) mass is 457 g/mol. The highest BCUT2D eigenvalue weighted by atomic mass is 32.2. The smallest absolute Gasteiger partial charge is 0.303 e. The highest BCUT2D eigenvalue weighted by molar-refractivity contribution is 7.86. The molecule has 3 rings (SSSR count). The van der Waals surface area contributed by atoms with E-state index in [4.69, 9.17) is 10.2 Å². The van der Waals surface area contributed by atoms with Crippen LogP contribution in [0.3, 0.4) is 0 Å². The number of amides is 1. The van der Waals surface area contributed by atoms with Gasteiger partial charge in [0.05, 0.1) is 0 Å². The number of nitrogens with zero attached hydrogens (tertiary/aromatic N) is 1. The van der Waals surface area contributed by atoms with E-state index in [2.05, 4.69) is 26.1 Å². The maximum Gasteiger partial charge on any atom is 0.303 e. The number of carboxylic acids is 1. The van der Waals surface area contributed by atoms with Gasteiger partial charge in [-0.15, -0.1) is 0 Å². The number of unbranched alkanes of at least 4 members (excludes halogenated alkanes) is 2. The summed E-state index contributed by atoms with van der Waals surface area (Å²) in [5, 5.41) is 17.5. The molecule has 0 radical (unpaired) electrons. The number of nitrogens with two attached hydrogens (primary N) is 1. The molecule has 0 aromatic carbocycles. The van der Waals surface area contributed by atoms with Crippen LogP contribution in [0, 0.1) is 22.7 Å². The van der Waals surface area contributed by atoms with E-state index in [9.17, 15) is 18.0 Å². The van der Waals surface area contributed by atoms with Crippen LogP contribution in [0.5, 0.6) is 0 Å². The van der Waals surface area contributed by atoms with Crippen molar-refractivity contribution in [2.45, 2.75) is 97.1 Å². The van der Waals surface area contributed by atoms with Crippen molar-refractivity contribution in [3.05, 3.63) is 0 Å². The lowest BCUT2D eigenvalue weighted by Gasteiger charge is -2.40. The van der Waals surface area contributed by atoms with Crippen LogP contribution in [0.15, 0.2) is 0 Å². The zero-order chi connectivity index (χ0) is 23.0. The molecular formula is C22H39N3O5S. The van der Waals surface area contributed by atoms with Crippen LogP contribution >= 0.6 is 0 Å². The highest BCUT2D eigenvalue weighted by Gasteiger charge is 2.61. The van der Waals surface area contributed by atoms with Crippen LogP contribution in [0.1, 0.15) is 85.0 Å². The molecule has 9 heteroatoms. The van der Waals surface area contributed by atoms with Gasteiger partial charge in [-0.1, -0.05) is 40.0 Å². The Morgan fingerprint density at radius 3 is 2.32 bits per heavy atom. The Hall–Kier alpha value is -1.19. The zero-order valence-electron chi connectivity index (χ0n) is 19.1. The third kappa shape index (κ3) is 5.25. The molecule has 3 saturated carbocycles. The normalized spacial score (nSPS) is 30.5. The van der Waals surface area contributed by atoms with Crippen LogP contribution in [0.25, 0.3) is 0 Å². The molecule has 8 nitrogen and oxygen atoms in total. The van der Waals surface area contributed by atoms with Gasteiger partial charge in [0.15, 0.2) is 0 Å². The van der Waals surface area contributed by atoms with Crippen molar-refractivity contribution < 1.29 is 23.1 Å². The minimum Gasteiger partial charge on any atom is -0.481 e. The summed E-state index contributed by atoms with van der Waals surface area (Å²) in [6.07, 6.45) is 7.30. The molecule has 4 atom stereocenters. The molecule has 0 aromatic rings. The minimum absolute atomic E-state index is 0.0146. The summed E-state index contributed by atoms with van der Waals surface area (Å²) in [5.41, 5.74) is 0.168. The zero-order valence-corrected chi connectivity index (χ0v) is 19.9. The first kappa shape index (κ1) is 24.5. The van der Waals surface area contributed by atoms with Crippen molar-refractivity contribution in [2.24, 2.45) is 27.8 Å². The first-order chi connectivity index (χ1) is 14.4. The molecule has 31 heavy (non-hydrogen) atoms. The van der Waals surface area contributed by atoms with Crippen LogP contribution in [-0.2, 0) is 19.8 Å². The number of aliphatic carboxylic acids is 1. The van der Waals surface area contributed by atoms with E-state index in [-0.39, 0.29) is 35.7 Å². The molecule has 1 amide bonds. The second kappa shape index (κ2) is 8.98. The number of hydrogen-bond acceptors (Lipinski definition) is 4. The number of carboxylic acid groups (broad SMARTS) is 1. The Kier molecular flexibility index (Phi) is 7.08.